The van der Waals surface area contributed by atoms with E-state index in [1.54, 1.807) is 36.4 Å². The quantitative estimate of drug-likeness (QED) is 0.198. The Balaban J connectivity index is 1.26. The summed E-state index contributed by atoms with van der Waals surface area (Å²) in [5.74, 6) is 0.624. The third kappa shape index (κ3) is 7.42. The highest BCUT2D eigenvalue weighted by Crippen LogP contribution is 2.40. The first kappa shape index (κ1) is 31.7. The second kappa shape index (κ2) is 14.0. The fourth-order valence-electron chi connectivity index (χ4n) is 5.60. The SMILES string of the molecule is C=CC(=O)Nc1cc(Nc2cc(N3OCC[C@H]3c3cc(F)cc(Oc4cccc(F)c4)c3)ncn2)c(OC)cc1N1CCN(C)CC1. The fraction of sp³-hybridized carbons (Fsp3) is 0.265. The largest absolute Gasteiger partial charge is 0.494 e. The fourth-order valence-corrected chi connectivity index (χ4v) is 5.60. The number of rotatable bonds is 10. The number of aromatic nitrogens is 2. The third-order valence-corrected chi connectivity index (χ3v) is 7.96. The monoisotopic (exact) mass is 643 g/mol. The molecule has 1 atom stereocenters. The van der Waals surface area contributed by atoms with E-state index in [0.717, 1.165) is 31.9 Å². The Kier molecular flexibility index (Phi) is 9.45. The minimum Gasteiger partial charge on any atom is -0.494 e. The highest BCUT2D eigenvalue weighted by molar-refractivity contribution is 6.02. The van der Waals surface area contributed by atoms with E-state index in [1.165, 1.54) is 42.7 Å². The van der Waals surface area contributed by atoms with E-state index in [9.17, 15) is 13.6 Å². The minimum atomic E-state index is -0.503. The summed E-state index contributed by atoms with van der Waals surface area (Å²) in [4.78, 5) is 31.6. The zero-order valence-corrected chi connectivity index (χ0v) is 26.1. The number of nitrogens with zero attached hydrogens (tertiary/aromatic N) is 5. The first-order valence-electron chi connectivity index (χ1n) is 15.1. The van der Waals surface area contributed by atoms with Crippen LogP contribution in [0, 0.1) is 11.6 Å². The molecule has 0 radical (unpaired) electrons. The van der Waals surface area contributed by atoms with Gasteiger partial charge < -0.3 is 29.9 Å². The Bertz CT molecular complexity index is 1770. The van der Waals surface area contributed by atoms with Crippen molar-refractivity contribution in [3.05, 3.63) is 96.8 Å². The van der Waals surface area contributed by atoms with Crippen molar-refractivity contribution in [1.29, 1.82) is 0 Å². The van der Waals surface area contributed by atoms with Gasteiger partial charge >= 0.3 is 0 Å². The lowest BCUT2D eigenvalue weighted by atomic mass is 10.0. The summed E-state index contributed by atoms with van der Waals surface area (Å²) < 4.78 is 40.0. The molecule has 0 saturated carbocycles. The van der Waals surface area contributed by atoms with Gasteiger partial charge in [0.15, 0.2) is 5.82 Å². The molecule has 0 spiro atoms. The van der Waals surface area contributed by atoms with Gasteiger partial charge in [-0.2, -0.15) is 0 Å². The number of carbonyl (C=O) groups excluding carboxylic acids is 1. The molecule has 11 nitrogen and oxygen atoms in total. The van der Waals surface area contributed by atoms with Crippen LogP contribution in [0.4, 0.5) is 37.5 Å². The number of ether oxygens (including phenoxy) is 2. The third-order valence-electron chi connectivity index (χ3n) is 7.96. The standard InChI is InChI=1S/C34H35F2N7O4/c1-4-34(44)40-27-18-28(31(45-3)19-30(27)42-11-9-41(2)10-12-42)39-32-20-33(38-21-37-32)43-29(8-13-46-43)22-14-24(36)17-26(15-22)47-25-7-5-6-23(35)16-25/h4-7,14-21,29H,1,8-13H2,2-3H3,(H,40,44)(H,37,38,39)/t29-/m0/s1. The van der Waals surface area contributed by atoms with E-state index in [0.29, 0.717) is 47.4 Å². The summed E-state index contributed by atoms with van der Waals surface area (Å²) in [6, 6.07) is 15.0. The van der Waals surface area contributed by atoms with Crippen LogP contribution in [0.2, 0.25) is 0 Å². The smallest absolute Gasteiger partial charge is 0.247 e. The highest BCUT2D eigenvalue weighted by Gasteiger charge is 2.30. The van der Waals surface area contributed by atoms with Gasteiger partial charge in [0.05, 0.1) is 36.8 Å². The maximum atomic E-state index is 14.8. The molecular weight excluding hydrogens is 608 g/mol. The lowest BCUT2D eigenvalue weighted by Gasteiger charge is -2.35. The number of hydroxylamine groups is 1. The molecule has 13 heteroatoms. The van der Waals surface area contributed by atoms with E-state index >= 15 is 0 Å². The van der Waals surface area contributed by atoms with Gasteiger partial charge in [-0.15, -0.1) is 0 Å². The van der Waals surface area contributed by atoms with E-state index in [-0.39, 0.29) is 23.4 Å². The van der Waals surface area contributed by atoms with Crippen molar-refractivity contribution < 1.29 is 27.9 Å². The molecular formula is C34H35F2N7O4. The van der Waals surface area contributed by atoms with Crippen LogP contribution in [0.25, 0.3) is 0 Å². The van der Waals surface area contributed by atoms with Gasteiger partial charge in [-0.25, -0.2) is 23.8 Å². The molecule has 2 saturated heterocycles. The second-order valence-corrected chi connectivity index (χ2v) is 11.2. The molecule has 3 heterocycles. The zero-order valence-electron chi connectivity index (χ0n) is 26.1. The van der Waals surface area contributed by atoms with Crippen LogP contribution in [0.15, 0.2) is 79.6 Å². The number of hydrogen-bond acceptors (Lipinski definition) is 10. The van der Waals surface area contributed by atoms with Crippen molar-refractivity contribution in [3.63, 3.8) is 0 Å². The van der Waals surface area contributed by atoms with Gasteiger partial charge in [-0.05, 0) is 49.0 Å². The van der Waals surface area contributed by atoms with Crippen LogP contribution >= 0.6 is 0 Å². The molecule has 0 bridgehead atoms. The van der Waals surface area contributed by atoms with Crippen LogP contribution < -0.4 is 30.1 Å². The maximum Gasteiger partial charge on any atom is 0.247 e. The normalized spacial score (nSPS) is 16.6. The summed E-state index contributed by atoms with van der Waals surface area (Å²) in [6.45, 7) is 7.32. The molecule has 1 amide bonds. The number of benzene rings is 3. The molecule has 244 valence electrons. The first-order chi connectivity index (χ1) is 22.8. The zero-order chi connectivity index (χ0) is 32.9. The van der Waals surface area contributed by atoms with Gasteiger partial charge in [0.1, 0.15) is 41.0 Å². The molecule has 2 aliphatic rings. The number of methoxy groups -OCH3 is 1. The molecule has 1 aromatic heterocycles. The van der Waals surface area contributed by atoms with Crippen LogP contribution in [0.3, 0.4) is 0 Å². The number of anilines is 5. The Morgan fingerprint density at radius 3 is 2.57 bits per heavy atom. The van der Waals surface area contributed by atoms with E-state index in [2.05, 4.69) is 44.0 Å². The molecule has 3 aromatic carbocycles. The molecule has 0 aliphatic carbocycles. The Labute approximate surface area is 271 Å². The lowest BCUT2D eigenvalue weighted by Crippen LogP contribution is -2.44. The average Bonchev–Trinajstić information content (AvgIpc) is 3.56. The van der Waals surface area contributed by atoms with Crippen molar-refractivity contribution >= 4 is 34.6 Å². The van der Waals surface area contributed by atoms with Gasteiger partial charge in [0.2, 0.25) is 5.91 Å². The molecule has 2 N–H and O–H groups in total. The van der Waals surface area contributed by atoms with Crippen LogP contribution in [0.5, 0.6) is 17.2 Å². The number of nitrogens with one attached hydrogen (secondary N) is 2. The molecule has 0 unspecified atom stereocenters. The molecule has 6 rings (SSSR count). The Hall–Kier alpha value is -5.27. The van der Waals surface area contributed by atoms with Crippen molar-refractivity contribution in [2.75, 3.05) is 67.5 Å². The Morgan fingerprint density at radius 2 is 1.81 bits per heavy atom. The summed E-state index contributed by atoms with van der Waals surface area (Å²) in [5.41, 5.74) is 2.61. The van der Waals surface area contributed by atoms with Crippen molar-refractivity contribution in [3.8, 4) is 17.2 Å². The summed E-state index contributed by atoms with van der Waals surface area (Å²) in [7, 11) is 3.66. The maximum absolute atomic E-state index is 14.8. The number of piperazine rings is 1. The molecule has 2 aliphatic heterocycles. The highest BCUT2D eigenvalue weighted by atomic mass is 19.1. The number of likely N-dealkylation sites (N-methyl/N-ethyl adjacent to an activating group) is 1. The number of halogens is 2. The number of carbonyl (C=O) groups is 1. The molecule has 4 aromatic rings. The predicted octanol–water partition coefficient (Wildman–Crippen LogP) is 6.06. The summed E-state index contributed by atoms with van der Waals surface area (Å²) in [5, 5.41) is 7.82. The number of amides is 1. The van der Waals surface area contributed by atoms with Gasteiger partial charge in [0.25, 0.3) is 0 Å². The predicted molar refractivity (Wildman–Crippen MR) is 176 cm³/mol. The first-order valence-corrected chi connectivity index (χ1v) is 15.1. The minimum absolute atomic E-state index is 0.231. The van der Waals surface area contributed by atoms with E-state index < -0.39 is 11.6 Å². The van der Waals surface area contributed by atoms with E-state index in [1.807, 2.05) is 6.07 Å². The van der Waals surface area contributed by atoms with Crippen LogP contribution in [-0.4, -0.2) is 67.7 Å². The number of hydrogen-bond donors (Lipinski definition) is 2. The molecule has 2 fully saturated rings. The van der Waals surface area contributed by atoms with E-state index in [4.69, 9.17) is 14.3 Å². The van der Waals surface area contributed by atoms with Crippen LogP contribution in [0.1, 0.15) is 18.0 Å². The van der Waals surface area contributed by atoms with Crippen molar-refractivity contribution in [2.45, 2.75) is 12.5 Å². The topological polar surface area (TPSA) is 104 Å². The summed E-state index contributed by atoms with van der Waals surface area (Å²) >= 11 is 0. The van der Waals surface area contributed by atoms with Gasteiger partial charge in [0, 0.05) is 56.9 Å². The van der Waals surface area contributed by atoms with Crippen LogP contribution in [-0.2, 0) is 9.63 Å². The van der Waals surface area contributed by atoms with Gasteiger partial charge in [-0.1, -0.05) is 12.6 Å². The Morgan fingerprint density at radius 1 is 1.00 bits per heavy atom. The summed E-state index contributed by atoms with van der Waals surface area (Å²) in [6.07, 6.45) is 3.18. The van der Waals surface area contributed by atoms with Crippen molar-refractivity contribution in [1.82, 2.24) is 14.9 Å². The average molecular weight is 644 g/mol. The second-order valence-electron chi connectivity index (χ2n) is 11.2. The van der Waals surface area contributed by atoms with Gasteiger partial charge in [-0.3, -0.25) is 9.63 Å². The molecule has 47 heavy (non-hydrogen) atoms. The van der Waals surface area contributed by atoms with Crippen molar-refractivity contribution in [2.24, 2.45) is 0 Å². The lowest BCUT2D eigenvalue weighted by molar-refractivity contribution is -0.111.